The van der Waals surface area contributed by atoms with Gasteiger partial charge in [-0.2, -0.15) is 0 Å². The summed E-state index contributed by atoms with van der Waals surface area (Å²) in [6.07, 6.45) is 6.86. The van der Waals surface area contributed by atoms with Gasteiger partial charge in [0.05, 0.1) is 12.7 Å². The lowest BCUT2D eigenvalue weighted by molar-refractivity contribution is 0.145. The standard InChI is InChI=1S/C23H30O2Si/c1-23(2,3)26(21-14-6-4-7-15-21,22-16-8-5-9-17-22)25-19-11-13-20-12-10-18-24-20/h4-9,11,13-17,20H,10,12,18-19H2,1-3H3/b13-11+. The maximum absolute atomic E-state index is 6.82. The summed E-state index contributed by atoms with van der Waals surface area (Å²) >= 11 is 0. The average molecular weight is 367 g/mol. The van der Waals surface area contributed by atoms with Gasteiger partial charge >= 0.3 is 0 Å². The van der Waals surface area contributed by atoms with Crippen LogP contribution in [-0.4, -0.2) is 27.6 Å². The van der Waals surface area contributed by atoms with E-state index in [-0.39, 0.29) is 11.1 Å². The molecule has 0 radical (unpaired) electrons. The smallest absolute Gasteiger partial charge is 0.261 e. The zero-order chi connectivity index (χ0) is 18.5. The third kappa shape index (κ3) is 4.01. The molecule has 2 aromatic carbocycles. The van der Waals surface area contributed by atoms with Crippen LogP contribution in [0, 0.1) is 0 Å². The van der Waals surface area contributed by atoms with Crippen LogP contribution in [0.15, 0.2) is 72.8 Å². The van der Waals surface area contributed by atoms with Gasteiger partial charge in [0.15, 0.2) is 0 Å². The molecule has 1 fully saturated rings. The SMILES string of the molecule is CC(C)(C)[Si](OC/C=C/C1CCCO1)(c1ccccc1)c1ccccc1. The van der Waals surface area contributed by atoms with Crippen LogP contribution in [0.4, 0.5) is 0 Å². The maximum Gasteiger partial charge on any atom is 0.261 e. The molecule has 2 aromatic rings. The van der Waals surface area contributed by atoms with E-state index in [4.69, 9.17) is 9.16 Å². The second-order valence-corrected chi connectivity index (χ2v) is 12.3. The second kappa shape index (κ2) is 8.34. The number of hydrogen-bond acceptors (Lipinski definition) is 2. The van der Waals surface area contributed by atoms with Gasteiger partial charge in [0.1, 0.15) is 0 Å². The summed E-state index contributed by atoms with van der Waals surface area (Å²) in [6, 6.07) is 21.6. The summed E-state index contributed by atoms with van der Waals surface area (Å²) in [5, 5.41) is 2.67. The molecule has 0 aliphatic carbocycles. The van der Waals surface area contributed by atoms with E-state index in [1.165, 1.54) is 10.4 Å². The van der Waals surface area contributed by atoms with Gasteiger partial charge in [0.2, 0.25) is 0 Å². The number of benzene rings is 2. The molecule has 138 valence electrons. The molecule has 1 aliphatic rings. The van der Waals surface area contributed by atoms with Gasteiger partial charge in [0.25, 0.3) is 8.32 Å². The maximum atomic E-state index is 6.82. The molecule has 1 atom stereocenters. The Balaban J connectivity index is 1.94. The number of ether oxygens (including phenoxy) is 1. The van der Waals surface area contributed by atoms with Crippen molar-refractivity contribution in [3.8, 4) is 0 Å². The molecule has 1 heterocycles. The van der Waals surface area contributed by atoms with Gasteiger partial charge in [-0.1, -0.05) is 93.6 Å². The molecule has 0 saturated carbocycles. The molecular weight excluding hydrogens is 336 g/mol. The van der Waals surface area contributed by atoms with Crippen molar-refractivity contribution in [1.82, 2.24) is 0 Å². The van der Waals surface area contributed by atoms with Crippen LogP contribution in [0.3, 0.4) is 0 Å². The summed E-state index contributed by atoms with van der Waals surface area (Å²) in [4.78, 5) is 0. The Morgan fingerprint density at radius 2 is 1.58 bits per heavy atom. The molecule has 1 unspecified atom stereocenters. The molecule has 0 amide bonds. The Bertz CT molecular complexity index is 658. The highest BCUT2D eigenvalue weighted by Crippen LogP contribution is 2.36. The van der Waals surface area contributed by atoms with Crippen LogP contribution < -0.4 is 10.4 Å². The minimum absolute atomic E-state index is 0.0212. The molecule has 26 heavy (non-hydrogen) atoms. The third-order valence-corrected chi connectivity index (χ3v) is 10.1. The lowest BCUT2D eigenvalue weighted by Gasteiger charge is -2.42. The summed E-state index contributed by atoms with van der Waals surface area (Å²) in [6.45, 7) is 8.42. The molecular formula is C23H30O2Si. The molecule has 0 bridgehead atoms. The van der Waals surface area contributed by atoms with E-state index in [1.807, 2.05) is 0 Å². The van der Waals surface area contributed by atoms with Crippen molar-refractivity contribution >= 4 is 18.7 Å². The number of rotatable bonds is 6. The molecule has 0 spiro atoms. The van der Waals surface area contributed by atoms with Gasteiger partial charge in [-0.3, -0.25) is 0 Å². The van der Waals surface area contributed by atoms with Gasteiger partial charge in [-0.05, 0) is 28.3 Å². The monoisotopic (exact) mass is 366 g/mol. The highest BCUT2D eigenvalue weighted by molar-refractivity contribution is 6.99. The summed E-state index contributed by atoms with van der Waals surface area (Å²) in [5.41, 5.74) is 0. The zero-order valence-corrected chi connectivity index (χ0v) is 17.2. The van der Waals surface area contributed by atoms with Crippen molar-refractivity contribution < 1.29 is 9.16 Å². The highest BCUT2D eigenvalue weighted by atomic mass is 28.4. The lowest BCUT2D eigenvalue weighted by Crippen LogP contribution is -2.66. The lowest BCUT2D eigenvalue weighted by atomic mass is 10.2. The molecule has 0 aromatic heterocycles. The number of hydrogen-bond donors (Lipinski definition) is 0. The van der Waals surface area contributed by atoms with E-state index in [9.17, 15) is 0 Å². The Labute approximate surface area is 159 Å². The topological polar surface area (TPSA) is 18.5 Å². The van der Waals surface area contributed by atoms with E-state index in [2.05, 4.69) is 93.6 Å². The highest BCUT2D eigenvalue weighted by Gasteiger charge is 2.49. The first-order chi connectivity index (χ1) is 12.5. The Morgan fingerprint density at radius 3 is 2.04 bits per heavy atom. The van der Waals surface area contributed by atoms with Gasteiger partial charge in [0, 0.05) is 6.61 Å². The van der Waals surface area contributed by atoms with Crippen LogP contribution in [0.1, 0.15) is 33.6 Å². The van der Waals surface area contributed by atoms with Crippen LogP contribution in [0.2, 0.25) is 5.04 Å². The normalized spacial score (nSPS) is 18.5. The van der Waals surface area contributed by atoms with Crippen molar-refractivity contribution in [2.75, 3.05) is 13.2 Å². The minimum Gasteiger partial charge on any atom is -0.404 e. The fourth-order valence-electron chi connectivity index (χ4n) is 3.90. The van der Waals surface area contributed by atoms with E-state index >= 15 is 0 Å². The first-order valence-electron chi connectivity index (χ1n) is 9.57. The molecule has 0 N–H and O–H groups in total. The van der Waals surface area contributed by atoms with Crippen LogP contribution in [0.5, 0.6) is 0 Å². The van der Waals surface area contributed by atoms with Crippen molar-refractivity contribution in [3.05, 3.63) is 72.8 Å². The van der Waals surface area contributed by atoms with Gasteiger partial charge in [-0.25, -0.2) is 0 Å². The molecule has 3 rings (SSSR count). The van der Waals surface area contributed by atoms with Gasteiger partial charge in [-0.15, -0.1) is 0 Å². The fraction of sp³-hybridized carbons (Fsp3) is 0.391. The zero-order valence-electron chi connectivity index (χ0n) is 16.2. The van der Waals surface area contributed by atoms with Crippen molar-refractivity contribution in [1.29, 1.82) is 0 Å². The summed E-state index contributed by atoms with van der Waals surface area (Å²) in [5.74, 6) is 0. The minimum atomic E-state index is -2.42. The summed E-state index contributed by atoms with van der Waals surface area (Å²) in [7, 11) is -2.42. The van der Waals surface area contributed by atoms with Gasteiger partial charge < -0.3 is 9.16 Å². The molecule has 2 nitrogen and oxygen atoms in total. The summed E-state index contributed by atoms with van der Waals surface area (Å²) < 4.78 is 12.5. The van der Waals surface area contributed by atoms with E-state index in [0.717, 1.165) is 19.4 Å². The van der Waals surface area contributed by atoms with E-state index < -0.39 is 8.32 Å². The molecule has 1 aliphatic heterocycles. The quantitative estimate of drug-likeness (QED) is 0.561. The van der Waals surface area contributed by atoms with Crippen LogP contribution in [-0.2, 0) is 9.16 Å². The molecule has 1 saturated heterocycles. The van der Waals surface area contributed by atoms with E-state index in [1.54, 1.807) is 0 Å². The van der Waals surface area contributed by atoms with Crippen LogP contribution >= 0.6 is 0 Å². The third-order valence-electron chi connectivity index (χ3n) is 5.13. The predicted octanol–water partition coefficient (Wildman–Crippen LogP) is 4.30. The largest absolute Gasteiger partial charge is 0.404 e. The predicted molar refractivity (Wildman–Crippen MR) is 112 cm³/mol. The van der Waals surface area contributed by atoms with Crippen LogP contribution in [0.25, 0.3) is 0 Å². The Hall–Kier alpha value is -1.68. The second-order valence-electron chi connectivity index (χ2n) is 7.95. The van der Waals surface area contributed by atoms with Crippen molar-refractivity contribution in [3.63, 3.8) is 0 Å². The average Bonchev–Trinajstić information content (AvgIpc) is 3.16. The fourth-order valence-corrected chi connectivity index (χ4v) is 8.40. The van der Waals surface area contributed by atoms with E-state index in [0.29, 0.717) is 6.61 Å². The Kier molecular flexibility index (Phi) is 6.12. The Morgan fingerprint density at radius 1 is 1.00 bits per heavy atom. The van der Waals surface area contributed by atoms with Crippen molar-refractivity contribution in [2.45, 2.75) is 44.8 Å². The first-order valence-corrected chi connectivity index (χ1v) is 11.5. The molecule has 3 heteroatoms. The first kappa shape index (κ1) is 19.1. The van der Waals surface area contributed by atoms with Crippen molar-refractivity contribution in [2.24, 2.45) is 0 Å².